The molecule has 0 fully saturated rings. The summed E-state index contributed by atoms with van der Waals surface area (Å²) in [5.74, 6) is -0.0901. The maximum atomic E-state index is 13.0. The lowest BCUT2D eigenvalue weighted by Gasteiger charge is -2.31. The number of nitrogens with one attached hydrogen (secondary N) is 1. The van der Waals surface area contributed by atoms with Crippen molar-refractivity contribution < 1.29 is 4.79 Å². The van der Waals surface area contributed by atoms with Crippen molar-refractivity contribution in [1.29, 1.82) is 0 Å². The molecule has 0 saturated heterocycles. The molecule has 0 aliphatic heterocycles. The van der Waals surface area contributed by atoms with Crippen LogP contribution in [0.3, 0.4) is 0 Å². The molecule has 0 aliphatic carbocycles. The van der Waals surface area contributed by atoms with Crippen LogP contribution >= 0.6 is 34.2 Å². The molecule has 29 heavy (non-hydrogen) atoms. The van der Waals surface area contributed by atoms with Crippen molar-refractivity contribution in [2.75, 3.05) is 20.6 Å². The second-order valence-corrected chi connectivity index (χ2v) is 9.54. The van der Waals surface area contributed by atoms with Gasteiger partial charge in [-0.25, -0.2) is 0 Å². The zero-order valence-electron chi connectivity index (χ0n) is 16.5. The summed E-state index contributed by atoms with van der Waals surface area (Å²) in [5, 5.41) is 3.92. The normalized spacial score (nSPS) is 13.1. The number of benzene rings is 3. The van der Waals surface area contributed by atoms with Crippen LogP contribution in [0.5, 0.6) is 0 Å². The van der Waals surface area contributed by atoms with E-state index in [0.29, 0.717) is 10.6 Å². The number of rotatable bonds is 7. The van der Waals surface area contributed by atoms with E-state index in [9.17, 15) is 4.79 Å². The first-order valence-electron chi connectivity index (χ1n) is 9.45. The van der Waals surface area contributed by atoms with Crippen LogP contribution in [0.25, 0.3) is 11.1 Å². The monoisotopic (exact) mass is 518 g/mol. The number of carbonyl (C=O) groups excluding carboxylic acids is 1. The van der Waals surface area contributed by atoms with Gasteiger partial charge in [0, 0.05) is 17.1 Å². The lowest BCUT2D eigenvalue weighted by molar-refractivity contribution is 0.0928. The number of carbonyl (C=O) groups is 1. The molecule has 150 valence electrons. The highest BCUT2D eigenvalue weighted by Gasteiger charge is 2.31. The minimum atomic E-state index is -0.526. The van der Waals surface area contributed by atoms with E-state index in [1.165, 1.54) is 0 Å². The quantitative estimate of drug-likeness (QED) is 0.237. The molecule has 1 N–H and O–H groups in total. The molecule has 3 nitrogen and oxygen atoms in total. The Morgan fingerprint density at radius 2 is 1.52 bits per heavy atom. The molecule has 3 aromatic carbocycles. The van der Waals surface area contributed by atoms with Crippen molar-refractivity contribution in [3.8, 4) is 11.1 Å². The van der Waals surface area contributed by atoms with Crippen LogP contribution < -0.4 is 5.32 Å². The fourth-order valence-electron chi connectivity index (χ4n) is 3.07. The number of halogens is 2. The molecule has 1 amide bonds. The van der Waals surface area contributed by atoms with Crippen molar-refractivity contribution in [2.45, 2.75) is 9.97 Å². The summed E-state index contributed by atoms with van der Waals surface area (Å²) < 4.78 is -0.526. The van der Waals surface area contributed by atoms with Gasteiger partial charge in [-0.2, -0.15) is 0 Å². The highest BCUT2D eigenvalue weighted by Crippen LogP contribution is 2.34. The van der Waals surface area contributed by atoms with Crippen LogP contribution in [-0.2, 0) is 3.55 Å². The minimum absolute atomic E-state index is 0.0901. The first-order valence-corrected chi connectivity index (χ1v) is 10.9. The molecule has 0 radical (unpaired) electrons. The Balaban J connectivity index is 1.81. The van der Waals surface area contributed by atoms with Gasteiger partial charge < -0.3 is 10.2 Å². The van der Waals surface area contributed by atoms with Gasteiger partial charge in [-0.1, -0.05) is 66.2 Å². The standard InChI is InChI=1S/C24H24ClIN2O/c1-28(2)17-16-24(26,21-12-14-22(25)15-13-21)27-23(29)20-10-8-19(9-11-20)18-6-4-3-5-7-18/h3-15H,16-17H2,1-2H3,(H,27,29). The third-order valence-corrected chi connectivity index (χ3v) is 6.46. The topological polar surface area (TPSA) is 32.3 Å². The van der Waals surface area contributed by atoms with Gasteiger partial charge in [0.1, 0.15) is 3.55 Å². The molecule has 0 saturated carbocycles. The summed E-state index contributed by atoms with van der Waals surface area (Å²) in [7, 11) is 4.06. The van der Waals surface area contributed by atoms with Crippen molar-refractivity contribution in [3.63, 3.8) is 0 Å². The number of amides is 1. The molecular weight excluding hydrogens is 495 g/mol. The molecule has 5 heteroatoms. The van der Waals surface area contributed by atoms with Crippen LogP contribution in [0.2, 0.25) is 5.02 Å². The largest absolute Gasteiger partial charge is 0.334 e. The second kappa shape index (κ2) is 9.74. The summed E-state index contributed by atoms with van der Waals surface area (Å²) in [4.78, 5) is 15.2. The van der Waals surface area contributed by atoms with E-state index in [1.807, 2.05) is 80.8 Å². The van der Waals surface area contributed by atoms with Gasteiger partial charge in [0.2, 0.25) is 0 Å². The predicted molar refractivity (Wildman–Crippen MR) is 130 cm³/mol. The maximum absolute atomic E-state index is 13.0. The Morgan fingerprint density at radius 3 is 2.10 bits per heavy atom. The first kappa shape index (κ1) is 21.8. The Bertz CT molecular complexity index is 943. The molecule has 0 heterocycles. The van der Waals surface area contributed by atoms with Crippen LogP contribution in [0.1, 0.15) is 22.3 Å². The van der Waals surface area contributed by atoms with Gasteiger partial charge in [0.15, 0.2) is 0 Å². The Kier molecular flexibility index (Phi) is 7.33. The average Bonchev–Trinajstić information content (AvgIpc) is 2.73. The summed E-state index contributed by atoms with van der Waals surface area (Å²) in [6, 6.07) is 25.5. The zero-order valence-corrected chi connectivity index (χ0v) is 19.4. The van der Waals surface area contributed by atoms with Crippen molar-refractivity contribution in [2.24, 2.45) is 0 Å². The van der Waals surface area contributed by atoms with E-state index in [0.717, 1.165) is 29.7 Å². The van der Waals surface area contributed by atoms with E-state index < -0.39 is 3.55 Å². The second-order valence-electron chi connectivity index (χ2n) is 7.26. The number of hydrogen-bond donors (Lipinski definition) is 1. The van der Waals surface area contributed by atoms with Crippen LogP contribution in [0.15, 0.2) is 78.9 Å². The lowest BCUT2D eigenvalue weighted by Crippen LogP contribution is -2.42. The van der Waals surface area contributed by atoms with Crippen molar-refractivity contribution >= 4 is 40.1 Å². The third kappa shape index (κ3) is 5.81. The van der Waals surface area contributed by atoms with Gasteiger partial charge in [0.05, 0.1) is 0 Å². The van der Waals surface area contributed by atoms with E-state index in [1.54, 1.807) is 0 Å². The smallest absolute Gasteiger partial charge is 0.252 e. The van der Waals surface area contributed by atoms with E-state index in [4.69, 9.17) is 11.6 Å². The fourth-order valence-corrected chi connectivity index (χ4v) is 4.04. The highest BCUT2D eigenvalue weighted by atomic mass is 127. The summed E-state index contributed by atoms with van der Waals surface area (Å²) >= 11 is 8.40. The predicted octanol–water partition coefficient (Wildman–Crippen LogP) is 5.98. The summed E-state index contributed by atoms with van der Waals surface area (Å²) in [6.07, 6.45) is 0.774. The molecule has 0 aromatic heterocycles. The maximum Gasteiger partial charge on any atom is 0.252 e. The zero-order chi connectivity index (χ0) is 20.9. The molecule has 0 bridgehead atoms. The van der Waals surface area contributed by atoms with Crippen LogP contribution in [0, 0.1) is 0 Å². The van der Waals surface area contributed by atoms with Gasteiger partial charge in [0.25, 0.3) is 5.91 Å². The molecule has 1 unspecified atom stereocenters. The van der Waals surface area contributed by atoms with E-state index >= 15 is 0 Å². The van der Waals surface area contributed by atoms with E-state index in [2.05, 4.69) is 44.9 Å². The van der Waals surface area contributed by atoms with Gasteiger partial charge in [-0.15, -0.1) is 0 Å². The minimum Gasteiger partial charge on any atom is -0.334 e. The molecular formula is C24H24ClIN2O. The highest BCUT2D eigenvalue weighted by molar-refractivity contribution is 14.1. The van der Waals surface area contributed by atoms with Crippen LogP contribution in [0.4, 0.5) is 0 Å². The van der Waals surface area contributed by atoms with Crippen molar-refractivity contribution in [1.82, 2.24) is 10.2 Å². The molecule has 3 rings (SSSR count). The number of hydrogen-bond acceptors (Lipinski definition) is 2. The van der Waals surface area contributed by atoms with E-state index in [-0.39, 0.29) is 5.91 Å². The molecule has 1 atom stereocenters. The fraction of sp³-hybridized carbons (Fsp3) is 0.208. The Morgan fingerprint density at radius 1 is 0.931 bits per heavy atom. The van der Waals surface area contributed by atoms with Gasteiger partial charge in [-0.3, -0.25) is 4.79 Å². The molecule has 0 spiro atoms. The average molecular weight is 519 g/mol. The van der Waals surface area contributed by atoms with Gasteiger partial charge >= 0.3 is 0 Å². The Hall–Kier alpha value is -1.89. The summed E-state index contributed by atoms with van der Waals surface area (Å²) in [6.45, 7) is 0.846. The van der Waals surface area contributed by atoms with Gasteiger partial charge in [-0.05, 0) is 84.1 Å². The first-order chi connectivity index (χ1) is 13.9. The van der Waals surface area contributed by atoms with Crippen molar-refractivity contribution in [3.05, 3.63) is 95.0 Å². The number of alkyl halides is 1. The molecule has 0 aliphatic rings. The molecule has 3 aromatic rings. The Labute approximate surface area is 191 Å². The van der Waals surface area contributed by atoms with Crippen LogP contribution in [-0.4, -0.2) is 31.4 Å². The number of nitrogens with zero attached hydrogens (tertiary/aromatic N) is 1. The lowest BCUT2D eigenvalue weighted by atomic mass is 10.0. The third-order valence-electron chi connectivity index (χ3n) is 4.77. The summed E-state index contributed by atoms with van der Waals surface area (Å²) in [5.41, 5.74) is 3.89. The SMILES string of the molecule is CN(C)CCC(I)(NC(=O)c1ccc(-c2ccccc2)cc1)c1ccc(Cl)cc1.